The Labute approximate surface area is 136 Å². The van der Waals surface area contributed by atoms with Crippen LogP contribution in [0.3, 0.4) is 0 Å². The number of ketones is 1. The molecule has 0 aliphatic heterocycles. The first-order valence-electron chi connectivity index (χ1n) is 6.09. The van der Waals surface area contributed by atoms with Crippen molar-refractivity contribution in [3.05, 3.63) is 65.1 Å². The van der Waals surface area contributed by atoms with Gasteiger partial charge in [0, 0.05) is 29.1 Å². The highest BCUT2D eigenvalue weighted by Gasteiger charge is 2.18. The van der Waals surface area contributed by atoms with E-state index in [2.05, 4.69) is 0 Å². The molecule has 0 amide bonds. The summed E-state index contributed by atoms with van der Waals surface area (Å²) >= 11 is 5.70. The van der Waals surface area contributed by atoms with Gasteiger partial charge in [-0.2, -0.15) is 0 Å². The van der Waals surface area contributed by atoms with Gasteiger partial charge in [-0.25, -0.2) is 17.2 Å². The van der Waals surface area contributed by atoms with Gasteiger partial charge in [-0.05, 0) is 30.3 Å². The van der Waals surface area contributed by atoms with E-state index >= 15 is 0 Å². The zero-order valence-electron chi connectivity index (χ0n) is 11.4. The minimum Gasteiger partial charge on any atom is -0.502 e. The van der Waals surface area contributed by atoms with Gasteiger partial charge in [-0.3, -0.25) is 4.79 Å². The van der Waals surface area contributed by atoms with Crippen LogP contribution in [0.5, 0.6) is 0 Å². The molecule has 0 bridgehead atoms. The summed E-state index contributed by atoms with van der Waals surface area (Å²) in [6.07, 6.45) is 2.66. The zero-order chi connectivity index (χ0) is 17.2. The molecule has 0 radical (unpaired) electrons. The molecule has 2 aromatic rings. The van der Waals surface area contributed by atoms with E-state index in [1.807, 2.05) is 0 Å². The van der Waals surface area contributed by atoms with Crippen LogP contribution in [0, 0.1) is 0 Å². The van der Waals surface area contributed by atoms with Crippen LogP contribution < -0.4 is 0 Å². The van der Waals surface area contributed by atoms with Gasteiger partial charge in [-0.1, -0.05) is 11.6 Å². The molecular weight excluding hydrogens is 346 g/mol. The summed E-state index contributed by atoms with van der Waals surface area (Å²) in [6, 6.07) is 6.65. The van der Waals surface area contributed by atoms with E-state index in [9.17, 15) is 18.0 Å². The maximum Gasteiger partial charge on any atom is 0.371 e. The van der Waals surface area contributed by atoms with Crippen molar-refractivity contribution in [1.29, 1.82) is 0 Å². The number of aliphatic carboxylic acids is 1. The molecule has 0 saturated heterocycles. The molecule has 7 nitrogen and oxygen atoms in total. The van der Waals surface area contributed by atoms with Crippen molar-refractivity contribution in [2.45, 2.75) is 4.90 Å². The Bertz CT molecular complexity index is 896. The first-order valence-corrected chi connectivity index (χ1v) is 7.91. The summed E-state index contributed by atoms with van der Waals surface area (Å²) in [5.74, 6) is -3.63. The molecule has 0 aliphatic rings. The molecule has 0 aliphatic carbocycles. The fraction of sp³-hybridized carbons (Fsp3) is 0. The molecule has 120 valence electrons. The number of hydrogen-bond donors (Lipinski definition) is 2. The second kappa shape index (κ2) is 6.27. The lowest BCUT2D eigenvalue weighted by Crippen LogP contribution is -2.11. The molecular formula is C14H10ClNO6S. The first kappa shape index (κ1) is 16.8. The lowest BCUT2D eigenvalue weighted by molar-refractivity contribution is -0.135. The lowest BCUT2D eigenvalue weighted by Gasteiger charge is -2.05. The first-order chi connectivity index (χ1) is 10.7. The second-order valence-corrected chi connectivity index (χ2v) is 6.67. The maximum atomic E-state index is 12.4. The highest BCUT2D eigenvalue weighted by molar-refractivity contribution is 7.90. The van der Waals surface area contributed by atoms with Gasteiger partial charge in [0.05, 0.1) is 4.90 Å². The Morgan fingerprint density at radius 2 is 1.70 bits per heavy atom. The van der Waals surface area contributed by atoms with Crippen LogP contribution in [-0.2, 0) is 14.8 Å². The Balaban J connectivity index is 2.35. The van der Waals surface area contributed by atoms with Gasteiger partial charge in [-0.15, -0.1) is 0 Å². The van der Waals surface area contributed by atoms with Crippen molar-refractivity contribution in [1.82, 2.24) is 3.97 Å². The smallest absolute Gasteiger partial charge is 0.371 e. The van der Waals surface area contributed by atoms with Gasteiger partial charge in [0.2, 0.25) is 5.76 Å². The summed E-state index contributed by atoms with van der Waals surface area (Å²) in [5.41, 5.74) is -0.0876. The molecule has 1 heterocycles. The third kappa shape index (κ3) is 3.61. The molecule has 0 saturated carbocycles. The van der Waals surface area contributed by atoms with E-state index in [0.717, 1.165) is 16.4 Å². The van der Waals surface area contributed by atoms with E-state index in [-0.39, 0.29) is 10.5 Å². The van der Waals surface area contributed by atoms with Gasteiger partial charge in [0.25, 0.3) is 10.0 Å². The van der Waals surface area contributed by atoms with Crippen molar-refractivity contribution in [2.24, 2.45) is 0 Å². The molecule has 1 aromatic carbocycles. The lowest BCUT2D eigenvalue weighted by atomic mass is 10.2. The van der Waals surface area contributed by atoms with Crippen molar-refractivity contribution in [3.63, 3.8) is 0 Å². The molecule has 1 aromatic heterocycles. The van der Waals surface area contributed by atoms with Crippen LogP contribution in [0.25, 0.3) is 0 Å². The fourth-order valence-electron chi connectivity index (χ4n) is 1.67. The number of hydrogen-bond acceptors (Lipinski definition) is 5. The van der Waals surface area contributed by atoms with Crippen LogP contribution in [-0.4, -0.2) is 34.4 Å². The third-order valence-corrected chi connectivity index (χ3v) is 4.73. The molecule has 9 heteroatoms. The number of aliphatic hydroxyl groups is 1. The van der Waals surface area contributed by atoms with Crippen molar-refractivity contribution < 1.29 is 28.2 Å². The van der Waals surface area contributed by atoms with Crippen molar-refractivity contribution in [2.75, 3.05) is 0 Å². The van der Waals surface area contributed by atoms with Gasteiger partial charge in [0.1, 0.15) is 0 Å². The third-order valence-electron chi connectivity index (χ3n) is 2.83. The van der Waals surface area contributed by atoms with E-state index < -0.39 is 27.5 Å². The monoisotopic (exact) mass is 355 g/mol. The van der Waals surface area contributed by atoms with Crippen molar-refractivity contribution >= 4 is 33.4 Å². The molecule has 0 fully saturated rings. The second-order valence-electron chi connectivity index (χ2n) is 4.39. The Morgan fingerprint density at radius 1 is 1.09 bits per heavy atom. The maximum absolute atomic E-state index is 12.4. The Morgan fingerprint density at radius 3 is 2.26 bits per heavy atom. The predicted molar refractivity (Wildman–Crippen MR) is 81.1 cm³/mol. The normalized spacial score (nSPS) is 12.1. The summed E-state index contributed by atoms with van der Waals surface area (Å²) in [4.78, 5) is 22.2. The van der Waals surface area contributed by atoms with Gasteiger partial charge in [0.15, 0.2) is 5.78 Å². The summed E-state index contributed by atoms with van der Waals surface area (Å²) in [7, 11) is -3.91. The number of aromatic nitrogens is 1. The molecule has 2 N–H and O–H groups in total. The van der Waals surface area contributed by atoms with Crippen molar-refractivity contribution in [3.8, 4) is 0 Å². The predicted octanol–water partition coefficient (Wildman–Crippen LogP) is 2.09. The molecule has 0 atom stereocenters. The number of rotatable bonds is 5. The number of carbonyl (C=O) groups is 2. The van der Waals surface area contributed by atoms with Crippen LogP contribution in [0.1, 0.15) is 10.4 Å². The standard InChI is InChI=1S/C14H10ClNO6S/c15-10-1-3-11(4-2-10)23(21,22)16-6-5-9(8-16)12(17)7-13(18)14(19)20/h1-8,18H,(H,19,20)/b13-7-. The number of allylic oxidation sites excluding steroid dienone is 1. The van der Waals surface area contributed by atoms with Crippen LogP contribution >= 0.6 is 11.6 Å². The quantitative estimate of drug-likeness (QED) is 0.482. The number of aliphatic hydroxyl groups excluding tert-OH is 1. The minimum atomic E-state index is -3.91. The van der Waals surface area contributed by atoms with E-state index in [1.165, 1.54) is 30.3 Å². The van der Waals surface area contributed by atoms with Crippen LogP contribution in [0.15, 0.2) is 59.5 Å². The molecule has 23 heavy (non-hydrogen) atoms. The summed E-state index contributed by atoms with van der Waals surface area (Å²) in [5, 5.41) is 17.9. The SMILES string of the molecule is O=C(O)/C(O)=C/C(=O)c1ccn(S(=O)(=O)c2ccc(Cl)cc2)c1. The number of carbonyl (C=O) groups excluding carboxylic acids is 1. The number of benzene rings is 1. The number of halogens is 1. The van der Waals surface area contributed by atoms with Gasteiger partial charge >= 0.3 is 5.97 Å². The highest BCUT2D eigenvalue weighted by Crippen LogP contribution is 2.18. The molecule has 2 rings (SSSR count). The summed E-state index contributed by atoms with van der Waals surface area (Å²) < 4.78 is 25.5. The van der Waals surface area contributed by atoms with E-state index in [0.29, 0.717) is 11.1 Å². The fourth-order valence-corrected chi connectivity index (χ4v) is 2.99. The average molecular weight is 356 g/mol. The van der Waals surface area contributed by atoms with Gasteiger partial charge < -0.3 is 10.2 Å². The minimum absolute atomic E-state index is 0.0274. The zero-order valence-corrected chi connectivity index (χ0v) is 13.0. The number of carboxylic acid groups (broad SMARTS) is 1. The topological polar surface area (TPSA) is 114 Å². The summed E-state index contributed by atoms with van der Waals surface area (Å²) in [6.45, 7) is 0. The van der Waals surface area contributed by atoms with Crippen LogP contribution in [0.4, 0.5) is 0 Å². The molecule has 0 unspecified atom stereocenters. The highest BCUT2D eigenvalue weighted by atomic mass is 35.5. The van der Waals surface area contributed by atoms with E-state index in [1.54, 1.807) is 0 Å². The Hall–Kier alpha value is -2.58. The van der Waals surface area contributed by atoms with E-state index in [4.69, 9.17) is 21.8 Å². The largest absolute Gasteiger partial charge is 0.502 e. The Kier molecular flexibility index (Phi) is 4.57. The average Bonchev–Trinajstić information content (AvgIpc) is 2.98. The number of nitrogens with zero attached hydrogens (tertiary/aromatic N) is 1. The molecule has 0 spiro atoms. The number of carboxylic acids is 1. The van der Waals surface area contributed by atoms with Crippen LogP contribution in [0.2, 0.25) is 5.02 Å².